The van der Waals surface area contributed by atoms with Crippen LogP contribution in [0.2, 0.25) is 0 Å². The summed E-state index contributed by atoms with van der Waals surface area (Å²) in [6, 6.07) is -2.82. The lowest BCUT2D eigenvalue weighted by Gasteiger charge is -2.43. The van der Waals surface area contributed by atoms with Gasteiger partial charge in [0, 0.05) is 24.7 Å². The summed E-state index contributed by atoms with van der Waals surface area (Å²) in [5.41, 5.74) is 8.91. The smallest absolute Gasteiger partial charge is 0.362 e. The largest absolute Gasteiger partial charge is 0.478 e. The van der Waals surface area contributed by atoms with Crippen LogP contribution in [-0.2, 0) is 47.4 Å². The van der Waals surface area contributed by atoms with Crippen LogP contribution in [-0.4, -0.2) is 96.5 Å². The van der Waals surface area contributed by atoms with Crippen LogP contribution in [0.25, 0.3) is 0 Å². The number of nitrogens with one attached hydrogen (secondary N) is 3. The van der Waals surface area contributed by atoms with Crippen molar-refractivity contribution in [2.75, 3.05) is 6.54 Å². The molecule has 9 N–H and O–H groups in total. The van der Waals surface area contributed by atoms with Crippen molar-refractivity contribution in [2.24, 2.45) is 16.6 Å². The van der Waals surface area contributed by atoms with Crippen molar-refractivity contribution in [3.05, 3.63) is 23.0 Å². The van der Waals surface area contributed by atoms with Gasteiger partial charge in [-0.3, -0.25) is 18.9 Å². The fourth-order valence-corrected chi connectivity index (χ4v) is 5.38. The normalized spacial score (nSPS) is 23.2. The van der Waals surface area contributed by atoms with Crippen molar-refractivity contribution in [2.45, 2.75) is 62.0 Å². The van der Waals surface area contributed by atoms with Gasteiger partial charge in [0.15, 0.2) is 5.71 Å². The van der Waals surface area contributed by atoms with E-state index in [4.69, 9.17) is 16.3 Å². The van der Waals surface area contributed by atoms with E-state index in [1.807, 2.05) is 0 Å². The molecule has 1 aromatic heterocycles. The number of rotatable bonds is 14. The van der Waals surface area contributed by atoms with E-state index < -0.39 is 57.0 Å². The fourth-order valence-electron chi connectivity index (χ4n) is 3.85. The number of aliphatic carboxylic acids is 1. The Hall–Kier alpha value is -3.79. The quantitative estimate of drug-likeness (QED) is 0.0463. The maximum absolute atomic E-state index is 13.2. The summed E-state index contributed by atoms with van der Waals surface area (Å²) in [5.74, 6) is -3.67. The lowest BCUT2D eigenvalue weighted by atomic mass is 9.98. The first-order chi connectivity index (χ1) is 19.3. The number of carboxylic acids is 1. The van der Waals surface area contributed by atoms with Gasteiger partial charge in [-0.2, -0.15) is 23.4 Å². The molecule has 1 saturated carbocycles. The van der Waals surface area contributed by atoms with Crippen LogP contribution >= 0.6 is 11.8 Å². The Morgan fingerprint density at radius 1 is 1.34 bits per heavy atom. The molecule has 4 rings (SSSR count). The molecule has 3 unspecified atom stereocenters. The van der Waals surface area contributed by atoms with Gasteiger partial charge in [0.2, 0.25) is 11.5 Å². The van der Waals surface area contributed by atoms with E-state index in [9.17, 15) is 37.3 Å². The van der Waals surface area contributed by atoms with Crippen molar-refractivity contribution >= 4 is 51.5 Å². The van der Waals surface area contributed by atoms with Gasteiger partial charge in [-0.1, -0.05) is 16.9 Å². The number of carboxylic acid groups (broad SMARTS) is 1. The SMILES string of the molecule is NCCCC(=O)NCc1cnn(CC2C(NC(=O)/C(=N\OC3(C(=O)O)CC3)C3=CSC(N)N3)C(=O)N2S(=O)(=O)O)n1. The Morgan fingerprint density at radius 2 is 2.07 bits per heavy atom. The number of oxime groups is 1. The summed E-state index contributed by atoms with van der Waals surface area (Å²) >= 11 is 1.10. The minimum absolute atomic E-state index is 0.0229. The lowest BCUT2D eigenvalue weighted by molar-refractivity contribution is -0.153. The third kappa shape index (κ3) is 6.93. The maximum Gasteiger partial charge on any atom is 0.362 e. The zero-order valence-electron chi connectivity index (χ0n) is 21.3. The number of carbonyl (C=O) groups is 4. The predicted octanol–water partition coefficient (Wildman–Crippen LogP) is -3.46. The molecule has 3 amide bonds. The molecule has 3 atom stereocenters. The van der Waals surface area contributed by atoms with Crippen molar-refractivity contribution in [1.82, 2.24) is 35.2 Å². The Kier molecular flexibility index (Phi) is 8.82. The number of β-lactam (4-membered cyclic amide) rings is 1. The highest BCUT2D eigenvalue weighted by Crippen LogP contribution is 2.40. The van der Waals surface area contributed by atoms with E-state index in [-0.39, 0.29) is 48.3 Å². The first kappa shape index (κ1) is 30.2. The Morgan fingerprint density at radius 3 is 2.66 bits per heavy atom. The molecule has 224 valence electrons. The van der Waals surface area contributed by atoms with Crippen molar-refractivity contribution in [1.29, 1.82) is 0 Å². The van der Waals surface area contributed by atoms with E-state index in [1.165, 1.54) is 11.6 Å². The Labute approximate surface area is 236 Å². The second-order valence-corrected chi connectivity index (χ2v) is 11.6. The summed E-state index contributed by atoms with van der Waals surface area (Å²) in [4.78, 5) is 55.3. The first-order valence-electron chi connectivity index (χ1n) is 12.2. The minimum atomic E-state index is -5.02. The van der Waals surface area contributed by atoms with Gasteiger partial charge in [0.25, 0.3) is 11.8 Å². The van der Waals surface area contributed by atoms with Crippen LogP contribution in [0, 0.1) is 0 Å². The van der Waals surface area contributed by atoms with Gasteiger partial charge in [-0.25, -0.2) is 9.10 Å². The van der Waals surface area contributed by atoms with E-state index in [1.54, 1.807) is 0 Å². The number of hydrogen-bond donors (Lipinski definition) is 7. The van der Waals surface area contributed by atoms with Gasteiger partial charge in [-0.05, 0) is 13.0 Å². The van der Waals surface area contributed by atoms with Crippen LogP contribution < -0.4 is 27.4 Å². The van der Waals surface area contributed by atoms with Crippen molar-refractivity contribution in [3.63, 3.8) is 0 Å². The average molecular weight is 617 g/mol. The standard InChI is InChI=1S/C20H28N10O9S2/c21-5-1-2-13(31)23-6-10-7-24-29(27-10)8-12-15(17(33)30(12)41(36,37)38)26-16(32)14(11-9-40-19(22)25-11)28-39-20(3-4-20)18(34)35/h7,9,12,15,19,25H,1-6,8,21-22H2,(H,23,31)(H,26,32)(H,34,35)(H,36,37,38)/b28-14-. The van der Waals surface area contributed by atoms with E-state index >= 15 is 0 Å². The summed E-state index contributed by atoms with van der Waals surface area (Å²) in [6.45, 7) is 0.00917. The number of hydrogen-bond acceptors (Lipinski definition) is 14. The second kappa shape index (κ2) is 12.0. The molecule has 0 radical (unpaired) electrons. The average Bonchev–Trinajstić information content (AvgIpc) is 3.37. The molecule has 1 aliphatic carbocycles. The highest BCUT2D eigenvalue weighted by atomic mass is 32.2. The Balaban J connectivity index is 1.48. The molecule has 0 bridgehead atoms. The summed E-state index contributed by atoms with van der Waals surface area (Å²) < 4.78 is 33.6. The van der Waals surface area contributed by atoms with Gasteiger partial charge in [0.05, 0.1) is 25.0 Å². The molecule has 3 aliphatic rings. The van der Waals surface area contributed by atoms with Gasteiger partial charge in [0.1, 0.15) is 23.3 Å². The highest BCUT2D eigenvalue weighted by molar-refractivity contribution is 8.02. The predicted molar refractivity (Wildman–Crippen MR) is 139 cm³/mol. The molecule has 3 heterocycles. The van der Waals surface area contributed by atoms with Gasteiger partial charge < -0.3 is 37.4 Å². The number of carbonyl (C=O) groups excluding carboxylic acids is 3. The number of nitrogens with two attached hydrogens (primary N) is 2. The lowest BCUT2D eigenvalue weighted by Crippen LogP contribution is -2.73. The van der Waals surface area contributed by atoms with Crippen LogP contribution in [0.4, 0.5) is 0 Å². The summed E-state index contributed by atoms with van der Waals surface area (Å²) in [6.07, 6.45) is 2.38. The van der Waals surface area contributed by atoms with E-state index in [0.29, 0.717) is 18.7 Å². The molecule has 1 saturated heterocycles. The van der Waals surface area contributed by atoms with Gasteiger partial charge >= 0.3 is 16.3 Å². The minimum Gasteiger partial charge on any atom is -0.478 e. The van der Waals surface area contributed by atoms with E-state index in [2.05, 4.69) is 31.3 Å². The maximum atomic E-state index is 13.2. The fraction of sp³-hybridized carbons (Fsp3) is 0.550. The van der Waals surface area contributed by atoms with Crippen LogP contribution in [0.1, 0.15) is 31.4 Å². The van der Waals surface area contributed by atoms with Crippen LogP contribution in [0.5, 0.6) is 0 Å². The molecule has 1 aromatic rings. The molecule has 0 aromatic carbocycles. The molecule has 0 spiro atoms. The molecular formula is C20H28N10O9S2. The molecule has 41 heavy (non-hydrogen) atoms. The molecule has 2 aliphatic heterocycles. The molecule has 19 nitrogen and oxygen atoms in total. The molecular weight excluding hydrogens is 588 g/mol. The number of amides is 3. The molecule has 2 fully saturated rings. The summed E-state index contributed by atoms with van der Waals surface area (Å²) in [7, 11) is -5.02. The van der Waals surface area contributed by atoms with Gasteiger partial charge in [-0.15, -0.1) is 0 Å². The second-order valence-electron chi connectivity index (χ2n) is 9.25. The van der Waals surface area contributed by atoms with Crippen LogP contribution in [0.3, 0.4) is 0 Å². The van der Waals surface area contributed by atoms with E-state index in [0.717, 1.165) is 16.6 Å². The number of thioether (sulfide) groups is 1. The Bertz CT molecular complexity index is 1390. The summed E-state index contributed by atoms with van der Waals surface area (Å²) in [5, 5.41) is 30.4. The zero-order chi connectivity index (χ0) is 29.9. The molecule has 21 heteroatoms. The topological polar surface area (TPSA) is 287 Å². The number of aromatic nitrogens is 3. The van der Waals surface area contributed by atoms with Crippen molar-refractivity contribution < 1.29 is 42.1 Å². The first-order valence-corrected chi connectivity index (χ1v) is 14.5. The third-order valence-electron chi connectivity index (χ3n) is 6.22. The monoisotopic (exact) mass is 616 g/mol. The van der Waals surface area contributed by atoms with Crippen LogP contribution in [0.15, 0.2) is 22.5 Å². The number of nitrogens with zero attached hydrogens (tertiary/aromatic N) is 5. The third-order valence-corrected chi connectivity index (χ3v) is 7.95. The highest BCUT2D eigenvalue weighted by Gasteiger charge is 2.56. The van der Waals surface area contributed by atoms with Crippen molar-refractivity contribution in [3.8, 4) is 0 Å². The zero-order valence-corrected chi connectivity index (χ0v) is 22.9.